The minimum Gasteiger partial charge on any atom is -0.352 e. The number of carbonyl (C=O) groups excluding carboxylic acids is 4. The third-order valence-corrected chi connectivity index (χ3v) is 15.0. The summed E-state index contributed by atoms with van der Waals surface area (Å²) in [6, 6.07) is 14.4. The number of aromatic nitrogens is 2. The highest BCUT2D eigenvalue weighted by Crippen LogP contribution is 2.43. The van der Waals surface area contributed by atoms with E-state index in [0.717, 1.165) is 82.9 Å². The first-order valence-corrected chi connectivity index (χ1v) is 23.0. The maximum Gasteiger partial charge on any atom is 0.329 e. The van der Waals surface area contributed by atoms with Gasteiger partial charge in [0.15, 0.2) is 0 Å². The molecule has 1 unspecified atom stereocenters. The number of anilines is 1. The summed E-state index contributed by atoms with van der Waals surface area (Å²) < 4.78 is 19.2. The number of hydrogen-bond acceptors (Lipinski definition) is 7. The Morgan fingerprint density at radius 3 is 2.35 bits per heavy atom. The van der Waals surface area contributed by atoms with Crippen LogP contribution in [0.4, 0.5) is 10.1 Å². The van der Waals surface area contributed by atoms with E-state index in [1.165, 1.54) is 16.2 Å². The van der Waals surface area contributed by atoms with E-state index in [1.807, 2.05) is 6.07 Å². The number of likely N-dealkylation sites (tertiary alicyclic amines) is 1. The van der Waals surface area contributed by atoms with Gasteiger partial charge in [0.05, 0.1) is 27.6 Å². The lowest BCUT2D eigenvalue weighted by Gasteiger charge is -2.44. The lowest BCUT2D eigenvalue weighted by Crippen LogP contribution is -2.65. The molecule has 4 heterocycles. The number of imidazole rings is 1. The Morgan fingerprint density at radius 2 is 1.61 bits per heavy atom. The smallest absolute Gasteiger partial charge is 0.329 e. The molecule has 1 spiro atoms. The number of halogens is 3. The van der Waals surface area contributed by atoms with Crippen molar-refractivity contribution in [2.45, 2.75) is 119 Å². The van der Waals surface area contributed by atoms with Crippen molar-refractivity contribution < 1.29 is 23.6 Å². The van der Waals surface area contributed by atoms with E-state index in [9.17, 15) is 24.0 Å². The molecular weight excluding hydrogens is 832 g/mol. The van der Waals surface area contributed by atoms with Crippen LogP contribution in [0.1, 0.15) is 118 Å². The highest BCUT2D eigenvalue weighted by atomic mass is 35.5. The van der Waals surface area contributed by atoms with Gasteiger partial charge in [-0.15, -0.1) is 0 Å². The lowest BCUT2D eigenvalue weighted by molar-refractivity contribution is -0.136. The number of imide groups is 1. The van der Waals surface area contributed by atoms with Crippen molar-refractivity contribution in [1.82, 2.24) is 30.0 Å². The second-order valence-corrected chi connectivity index (χ2v) is 19.1. The van der Waals surface area contributed by atoms with Gasteiger partial charge in [0.1, 0.15) is 11.9 Å². The molecule has 4 amide bonds. The van der Waals surface area contributed by atoms with Gasteiger partial charge in [-0.25, -0.2) is 9.18 Å². The summed E-state index contributed by atoms with van der Waals surface area (Å²) in [6.07, 6.45) is 9.86. The molecule has 0 bridgehead atoms. The zero-order valence-corrected chi connectivity index (χ0v) is 36.5. The third kappa shape index (κ3) is 8.21. The molecule has 1 aromatic heterocycles. The van der Waals surface area contributed by atoms with Crippen LogP contribution < -0.4 is 27.0 Å². The monoisotopic (exact) mass is 885 g/mol. The van der Waals surface area contributed by atoms with Gasteiger partial charge in [0, 0.05) is 42.7 Å². The Hall–Kier alpha value is -4.56. The maximum absolute atomic E-state index is 16.1. The predicted octanol–water partition coefficient (Wildman–Crippen LogP) is 7.06. The molecule has 4 N–H and O–H groups in total. The van der Waals surface area contributed by atoms with E-state index in [4.69, 9.17) is 23.2 Å². The van der Waals surface area contributed by atoms with Gasteiger partial charge >= 0.3 is 5.69 Å². The Labute approximate surface area is 370 Å². The molecule has 3 atom stereocenters. The van der Waals surface area contributed by atoms with E-state index >= 15 is 4.39 Å². The molecule has 62 heavy (non-hydrogen) atoms. The van der Waals surface area contributed by atoms with Crippen molar-refractivity contribution in [3.63, 3.8) is 0 Å². The van der Waals surface area contributed by atoms with Crippen molar-refractivity contribution in [2.24, 2.45) is 13.0 Å². The van der Waals surface area contributed by atoms with Gasteiger partial charge in [-0.05, 0) is 130 Å². The van der Waals surface area contributed by atoms with Gasteiger partial charge < -0.3 is 15.5 Å². The van der Waals surface area contributed by atoms with Crippen LogP contribution in [0.2, 0.25) is 10.0 Å². The van der Waals surface area contributed by atoms with Gasteiger partial charge in [-0.2, -0.15) is 0 Å². The molecule has 2 saturated heterocycles. The standard InChI is InChI=1S/C47H54Cl2FN7O5/c1-55-38-24-29(10-15-36(38)57(46(55)62)37-16-17-39(58)53-43(37)59)28-18-22-56(23-19-28)26-27-8-12-31(13-9-27)51-44(60)42-40(33-6-5-7-34(49)41(33)50)32-14-11-30(48)25-35(32)52-45(61)47(54-42)20-3-2-4-21-47/h5-7,10-11,14-15,24-25,27-28,31,37,40,42,54H,2-4,8-9,12-13,16-23,26H2,1H3,(H,51,60)(H,52,61)(H,53,58,59)/t27?,31?,37?,40-,42+/m0/s1. The van der Waals surface area contributed by atoms with E-state index in [2.05, 4.69) is 38.3 Å². The average Bonchev–Trinajstić information content (AvgIpc) is 3.51. The zero-order chi connectivity index (χ0) is 43.3. The summed E-state index contributed by atoms with van der Waals surface area (Å²) in [5, 5.41) is 12.8. The fraction of sp³-hybridized carbons (Fsp3) is 0.511. The van der Waals surface area contributed by atoms with Crippen LogP contribution in [0.25, 0.3) is 11.0 Å². The van der Waals surface area contributed by atoms with Crippen LogP contribution in [-0.2, 0) is 26.2 Å². The molecule has 3 aromatic carbocycles. The van der Waals surface area contributed by atoms with Crippen molar-refractivity contribution >= 4 is 63.6 Å². The van der Waals surface area contributed by atoms with Crippen LogP contribution in [0.15, 0.2) is 59.4 Å². The minimum absolute atomic E-state index is 0.0352. The fourth-order valence-corrected chi connectivity index (χ4v) is 11.4. The van der Waals surface area contributed by atoms with Crippen molar-refractivity contribution in [1.29, 1.82) is 0 Å². The van der Waals surface area contributed by atoms with Gasteiger partial charge in [-0.3, -0.25) is 38.9 Å². The number of nitrogens with one attached hydrogen (secondary N) is 4. The quantitative estimate of drug-likeness (QED) is 0.145. The summed E-state index contributed by atoms with van der Waals surface area (Å²) in [4.78, 5) is 69.1. The molecule has 2 saturated carbocycles. The highest BCUT2D eigenvalue weighted by molar-refractivity contribution is 6.31. The van der Waals surface area contributed by atoms with Crippen LogP contribution >= 0.6 is 23.2 Å². The number of aryl methyl sites for hydroxylation is 1. The van der Waals surface area contributed by atoms with Crippen molar-refractivity contribution in [3.8, 4) is 0 Å². The normalized spacial score (nSPS) is 26.1. The van der Waals surface area contributed by atoms with Crippen LogP contribution in [0.5, 0.6) is 0 Å². The summed E-state index contributed by atoms with van der Waals surface area (Å²) in [5.74, 6) is -1.75. The van der Waals surface area contributed by atoms with E-state index in [0.29, 0.717) is 52.9 Å². The number of fused-ring (bicyclic) bond motifs is 2. The molecule has 3 aliphatic heterocycles. The lowest BCUT2D eigenvalue weighted by atomic mass is 9.75. The molecule has 2 aliphatic carbocycles. The minimum atomic E-state index is -1.01. The summed E-state index contributed by atoms with van der Waals surface area (Å²) in [5.41, 5.74) is 2.74. The Bertz CT molecular complexity index is 2470. The van der Waals surface area contributed by atoms with Gasteiger partial charge in [0.2, 0.25) is 23.6 Å². The highest BCUT2D eigenvalue weighted by Gasteiger charge is 2.48. The summed E-state index contributed by atoms with van der Waals surface area (Å²) in [7, 11) is 1.73. The average molecular weight is 887 g/mol. The molecule has 12 nitrogen and oxygen atoms in total. The van der Waals surface area contributed by atoms with Crippen molar-refractivity contribution in [3.05, 3.63) is 97.6 Å². The first-order valence-electron chi connectivity index (χ1n) is 22.3. The molecule has 15 heteroatoms. The molecule has 4 fully saturated rings. The van der Waals surface area contributed by atoms with E-state index < -0.39 is 35.3 Å². The van der Waals surface area contributed by atoms with Gasteiger partial charge in [-0.1, -0.05) is 66.7 Å². The number of benzene rings is 3. The van der Waals surface area contributed by atoms with E-state index in [-0.39, 0.29) is 46.5 Å². The van der Waals surface area contributed by atoms with Crippen LogP contribution in [0, 0.1) is 11.7 Å². The van der Waals surface area contributed by atoms with Crippen LogP contribution in [-0.4, -0.2) is 74.9 Å². The largest absolute Gasteiger partial charge is 0.352 e. The van der Waals surface area contributed by atoms with Crippen LogP contribution in [0.3, 0.4) is 0 Å². The molecule has 328 valence electrons. The molecule has 4 aromatic rings. The maximum atomic E-state index is 16.1. The third-order valence-electron chi connectivity index (χ3n) is 14.5. The zero-order valence-electron chi connectivity index (χ0n) is 35.0. The van der Waals surface area contributed by atoms with Crippen molar-refractivity contribution in [2.75, 3.05) is 25.0 Å². The number of nitrogens with zero attached hydrogens (tertiary/aromatic N) is 3. The first-order chi connectivity index (χ1) is 29.9. The Balaban J connectivity index is 0.851. The molecule has 5 aliphatic rings. The topological polar surface area (TPSA) is 147 Å². The second-order valence-electron chi connectivity index (χ2n) is 18.3. The fourth-order valence-electron chi connectivity index (χ4n) is 11.1. The number of amides is 4. The molecule has 0 radical (unpaired) electrons. The first kappa shape index (κ1) is 42.7. The number of piperidine rings is 2. The number of carbonyl (C=O) groups is 4. The Morgan fingerprint density at radius 1 is 0.855 bits per heavy atom. The summed E-state index contributed by atoms with van der Waals surface area (Å²) >= 11 is 12.8. The predicted molar refractivity (Wildman–Crippen MR) is 237 cm³/mol. The number of rotatable bonds is 7. The second kappa shape index (κ2) is 17.5. The SMILES string of the molecule is Cn1c(=O)n(C2CCC(=O)NC2=O)c2ccc(C3CCN(CC4CCC(NC(=O)[C@@H]5NC6(CCCCC6)C(=O)Nc6cc(Cl)ccc6[C@H]5c5cccc(Cl)c5F)CC4)CC3)cc21. The Kier molecular flexibility index (Phi) is 12.1. The van der Waals surface area contributed by atoms with E-state index in [1.54, 1.807) is 41.9 Å². The van der Waals surface area contributed by atoms with Gasteiger partial charge in [0.25, 0.3) is 0 Å². The molecule has 9 rings (SSSR count). The summed E-state index contributed by atoms with van der Waals surface area (Å²) in [6.45, 7) is 2.92. The molecular formula is C47H54Cl2FN7O5. The number of hydrogen-bond donors (Lipinski definition) is 4.